The van der Waals surface area contributed by atoms with Crippen molar-refractivity contribution in [1.82, 2.24) is 13.2 Å². The van der Waals surface area contributed by atoms with Gasteiger partial charge in [0.15, 0.2) is 0 Å². The Morgan fingerprint density at radius 1 is 0.964 bits per heavy atom. The second kappa shape index (κ2) is 7.07. The number of fused-ring (bicyclic) bond motifs is 3. The van der Waals surface area contributed by atoms with Gasteiger partial charge in [0.2, 0.25) is 0 Å². The molecule has 2 heterocycles. The number of hydrogen-bond donors (Lipinski definition) is 1. The number of β-amino-alcohol motifs (C(OH)–C–C–N with tert-alkyl or cyclic N) is 1. The molecule has 0 radical (unpaired) electrons. The van der Waals surface area contributed by atoms with Crippen LogP contribution in [-0.2, 0) is 16.8 Å². The molecule has 1 aromatic heterocycles. The highest BCUT2D eigenvalue weighted by Crippen LogP contribution is 2.30. The zero-order valence-corrected chi connectivity index (χ0v) is 16.2. The molecule has 1 unspecified atom stereocenters. The first-order valence-electron chi connectivity index (χ1n) is 9.11. The van der Waals surface area contributed by atoms with Gasteiger partial charge in [-0.1, -0.05) is 6.92 Å². The van der Waals surface area contributed by atoms with Gasteiger partial charge in [0.05, 0.1) is 12.6 Å². The van der Waals surface area contributed by atoms with Crippen molar-refractivity contribution in [2.45, 2.75) is 19.6 Å². The fourth-order valence-corrected chi connectivity index (χ4v) is 5.51. The lowest BCUT2D eigenvalue weighted by atomic mass is 10.1. The molecule has 1 aliphatic heterocycles. The topological polar surface area (TPSA) is 65.8 Å². The van der Waals surface area contributed by atoms with Crippen molar-refractivity contribution in [2.75, 3.05) is 26.2 Å². The van der Waals surface area contributed by atoms with Gasteiger partial charge >= 0.3 is 0 Å². The van der Waals surface area contributed by atoms with Crippen LogP contribution in [0.2, 0.25) is 0 Å². The molecule has 3 aromatic rings. The van der Waals surface area contributed by atoms with Gasteiger partial charge in [0.1, 0.15) is 11.6 Å². The van der Waals surface area contributed by atoms with Gasteiger partial charge < -0.3 is 9.67 Å². The average Bonchev–Trinajstić information content (AvgIpc) is 3.09. The first-order valence-corrected chi connectivity index (χ1v) is 10.5. The third kappa shape index (κ3) is 3.18. The Hall–Kier alpha value is -2.07. The molecule has 150 valence electrons. The summed E-state index contributed by atoms with van der Waals surface area (Å²) in [4.78, 5) is 0. The van der Waals surface area contributed by atoms with Crippen molar-refractivity contribution in [3.8, 4) is 0 Å². The quantitative estimate of drug-likeness (QED) is 0.703. The number of likely N-dealkylation sites (N-methyl/N-ethyl adjacent to an activating group) is 1. The Bertz CT molecular complexity index is 1090. The van der Waals surface area contributed by atoms with Crippen molar-refractivity contribution < 1.29 is 22.3 Å². The second-order valence-electron chi connectivity index (χ2n) is 6.94. The predicted molar refractivity (Wildman–Crippen MR) is 103 cm³/mol. The molecule has 1 saturated heterocycles. The molecule has 6 nitrogen and oxygen atoms in total. The van der Waals surface area contributed by atoms with Crippen LogP contribution in [0.15, 0.2) is 36.4 Å². The number of aliphatic hydroxyl groups excluding tert-OH is 1. The standard InChI is InChI=1S/C19H21F2N3O3S/c1-2-22-7-8-23(28(22,26)27)11-15(25)12-24-18-5-3-13(20)9-16(18)17-10-14(21)4-6-19(17)24/h3-6,9-10,15,25H,2,7-8,11-12H2,1H3. The number of nitrogens with zero attached hydrogens (tertiary/aromatic N) is 3. The second-order valence-corrected chi connectivity index (χ2v) is 8.87. The van der Waals surface area contributed by atoms with Crippen LogP contribution in [0.25, 0.3) is 21.8 Å². The zero-order chi connectivity index (χ0) is 20.1. The number of aromatic nitrogens is 1. The lowest BCUT2D eigenvalue weighted by molar-refractivity contribution is 0.133. The first-order chi connectivity index (χ1) is 13.3. The van der Waals surface area contributed by atoms with E-state index in [9.17, 15) is 22.3 Å². The number of rotatable bonds is 5. The molecule has 4 rings (SSSR count). The molecule has 0 amide bonds. The van der Waals surface area contributed by atoms with E-state index in [1.807, 2.05) is 0 Å². The molecule has 1 N–H and O–H groups in total. The molecular formula is C19H21F2N3O3S. The SMILES string of the molecule is CCN1CCN(CC(O)Cn2c3ccc(F)cc3c3cc(F)ccc32)S1(=O)=O. The van der Waals surface area contributed by atoms with Crippen molar-refractivity contribution in [1.29, 1.82) is 0 Å². The molecule has 0 bridgehead atoms. The summed E-state index contributed by atoms with van der Waals surface area (Å²) in [6.07, 6.45) is -0.972. The van der Waals surface area contributed by atoms with Gasteiger partial charge in [-0.3, -0.25) is 0 Å². The molecule has 0 saturated carbocycles. The molecule has 2 aromatic carbocycles. The molecule has 0 aliphatic carbocycles. The van der Waals surface area contributed by atoms with Gasteiger partial charge in [-0.05, 0) is 36.4 Å². The highest BCUT2D eigenvalue weighted by atomic mass is 32.2. The summed E-state index contributed by atoms with van der Waals surface area (Å²) >= 11 is 0. The molecule has 9 heteroatoms. The van der Waals surface area contributed by atoms with Gasteiger partial charge in [0.25, 0.3) is 10.2 Å². The number of aliphatic hydroxyl groups is 1. The maximum atomic E-state index is 13.7. The van der Waals surface area contributed by atoms with E-state index in [1.165, 1.54) is 32.9 Å². The van der Waals surface area contributed by atoms with Crippen LogP contribution in [0.3, 0.4) is 0 Å². The summed E-state index contributed by atoms with van der Waals surface area (Å²) in [5, 5.41) is 11.7. The van der Waals surface area contributed by atoms with Crippen LogP contribution in [0, 0.1) is 11.6 Å². The van der Waals surface area contributed by atoms with Crippen LogP contribution in [0.5, 0.6) is 0 Å². The summed E-state index contributed by atoms with van der Waals surface area (Å²) in [5.74, 6) is -0.863. The van der Waals surface area contributed by atoms with Crippen LogP contribution in [-0.4, -0.2) is 59.0 Å². The minimum absolute atomic E-state index is 0.0393. The summed E-state index contributed by atoms with van der Waals surface area (Å²) in [7, 11) is -3.55. The van der Waals surface area contributed by atoms with Crippen LogP contribution in [0.4, 0.5) is 8.78 Å². The highest BCUT2D eigenvalue weighted by molar-refractivity contribution is 7.87. The number of halogens is 2. The minimum atomic E-state index is -3.55. The largest absolute Gasteiger partial charge is 0.390 e. The van der Waals surface area contributed by atoms with Crippen LogP contribution >= 0.6 is 0 Å². The molecule has 1 atom stereocenters. The Morgan fingerprint density at radius 2 is 1.50 bits per heavy atom. The van der Waals surface area contributed by atoms with Crippen molar-refractivity contribution in [3.63, 3.8) is 0 Å². The van der Waals surface area contributed by atoms with Gasteiger partial charge in [-0.15, -0.1) is 0 Å². The van der Waals surface area contributed by atoms with Crippen molar-refractivity contribution in [2.24, 2.45) is 0 Å². The maximum absolute atomic E-state index is 13.7. The molecular weight excluding hydrogens is 388 g/mol. The molecule has 28 heavy (non-hydrogen) atoms. The Balaban J connectivity index is 1.67. The van der Waals surface area contributed by atoms with Gasteiger partial charge in [-0.25, -0.2) is 8.78 Å². The summed E-state index contributed by atoms with van der Waals surface area (Å²) in [6, 6.07) is 8.46. The summed E-state index contributed by atoms with van der Waals surface area (Å²) in [6.45, 7) is 2.96. The average molecular weight is 409 g/mol. The summed E-state index contributed by atoms with van der Waals surface area (Å²) in [5.41, 5.74) is 1.31. The monoisotopic (exact) mass is 409 g/mol. The predicted octanol–water partition coefficient (Wildman–Crippen LogP) is 2.32. The third-order valence-electron chi connectivity index (χ3n) is 5.20. The van der Waals surface area contributed by atoms with Crippen molar-refractivity contribution in [3.05, 3.63) is 48.0 Å². The van der Waals surface area contributed by atoms with E-state index in [-0.39, 0.29) is 13.1 Å². The Morgan fingerprint density at radius 3 is 2.00 bits per heavy atom. The Labute approximate surface area is 161 Å². The molecule has 1 aliphatic rings. The lowest BCUT2D eigenvalue weighted by Crippen LogP contribution is -2.38. The van der Waals surface area contributed by atoms with Crippen LogP contribution in [0.1, 0.15) is 6.92 Å². The first kappa shape index (κ1) is 19.3. The van der Waals surface area contributed by atoms with Gasteiger partial charge in [-0.2, -0.15) is 17.0 Å². The fraction of sp³-hybridized carbons (Fsp3) is 0.368. The van der Waals surface area contributed by atoms with Crippen molar-refractivity contribution >= 4 is 32.0 Å². The minimum Gasteiger partial charge on any atom is -0.390 e. The Kier molecular flexibility index (Phi) is 4.86. The highest BCUT2D eigenvalue weighted by Gasteiger charge is 2.36. The number of benzene rings is 2. The van der Waals surface area contributed by atoms with Gasteiger partial charge in [0, 0.05) is 48.0 Å². The molecule has 0 spiro atoms. The van der Waals surface area contributed by atoms with E-state index < -0.39 is 27.9 Å². The van der Waals surface area contributed by atoms with E-state index in [2.05, 4.69) is 0 Å². The third-order valence-corrected chi connectivity index (χ3v) is 7.28. The smallest absolute Gasteiger partial charge is 0.282 e. The lowest BCUT2D eigenvalue weighted by Gasteiger charge is -2.21. The van der Waals surface area contributed by atoms with E-state index >= 15 is 0 Å². The zero-order valence-electron chi connectivity index (χ0n) is 15.3. The normalized spacial score (nSPS) is 19.0. The van der Waals surface area contributed by atoms with E-state index in [1.54, 1.807) is 23.6 Å². The summed E-state index contributed by atoms with van der Waals surface area (Å²) < 4.78 is 56.7. The van der Waals surface area contributed by atoms with Crippen LogP contribution < -0.4 is 0 Å². The number of hydrogen-bond acceptors (Lipinski definition) is 3. The maximum Gasteiger partial charge on any atom is 0.282 e. The van der Waals surface area contributed by atoms with E-state index in [4.69, 9.17) is 0 Å². The van der Waals surface area contributed by atoms with E-state index in [0.717, 1.165) is 0 Å². The molecule has 1 fully saturated rings. The van der Waals surface area contributed by atoms with E-state index in [0.29, 0.717) is 41.4 Å². The fourth-order valence-electron chi connectivity index (χ4n) is 3.87.